The van der Waals surface area contributed by atoms with Gasteiger partial charge in [-0.2, -0.15) is 0 Å². The quantitative estimate of drug-likeness (QED) is 0.848. The third-order valence-corrected chi connectivity index (χ3v) is 2.98. The van der Waals surface area contributed by atoms with Gasteiger partial charge in [0.05, 0.1) is 0 Å². The van der Waals surface area contributed by atoms with E-state index in [1.165, 1.54) is 5.69 Å². The van der Waals surface area contributed by atoms with E-state index in [1.54, 1.807) is 0 Å². The Bertz CT molecular complexity index is 357. The minimum absolute atomic E-state index is 0.0936. The fraction of sp³-hybridized carbons (Fsp3) is 0.500. The first-order valence-electron chi connectivity index (χ1n) is 6.08. The number of carbonyl (C=O) groups is 1. The van der Waals surface area contributed by atoms with Crippen molar-refractivity contribution in [1.29, 1.82) is 0 Å². The van der Waals surface area contributed by atoms with Crippen molar-refractivity contribution >= 4 is 11.6 Å². The number of nitrogens with zero attached hydrogens (tertiary/aromatic N) is 1. The molecule has 3 heteroatoms. The molecule has 0 spiro atoms. The van der Waals surface area contributed by atoms with Crippen molar-refractivity contribution in [2.45, 2.75) is 26.8 Å². The maximum absolute atomic E-state index is 11.6. The molecule has 0 fully saturated rings. The number of hydrogen-bond donors (Lipinski definition) is 1. The van der Waals surface area contributed by atoms with E-state index in [1.807, 2.05) is 40.1 Å². The maximum Gasteiger partial charge on any atom is 0.223 e. The van der Waals surface area contributed by atoms with Crippen molar-refractivity contribution in [3.63, 3.8) is 0 Å². The number of nitrogens with one attached hydrogen (secondary N) is 1. The van der Waals surface area contributed by atoms with Gasteiger partial charge in [0.2, 0.25) is 5.91 Å². The van der Waals surface area contributed by atoms with Crippen LogP contribution < -0.4 is 10.2 Å². The van der Waals surface area contributed by atoms with Crippen LogP contribution in [0.1, 0.15) is 25.8 Å². The summed E-state index contributed by atoms with van der Waals surface area (Å²) in [5, 5.41) is 2.95. The summed E-state index contributed by atoms with van der Waals surface area (Å²) in [7, 11) is 4.03. The second kappa shape index (κ2) is 6.28. The van der Waals surface area contributed by atoms with Crippen LogP contribution in [0.5, 0.6) is 0 Å². The van der Waals surface area contributed by atoms with Crippen LogP contribution in [0.25, 0.3) is 0 Å². The number of rotatable bonds is 5. The average Bonchev–Trinajstić information content (AvgIpc) is 2.35. The van der Waals surface area contributed by atoms with Gasteiger partial charge in [-0.3, -0.25) is 4.79 Å². The smallest absolute Gasteiger partial charge is 0.223 e. The molecule has 17 heavy (non-hydrogen) atoms. The van der Waals surface area contributed by atoms with Gasteiger partial charge in [-0.15, -0.1) is 0 Å². The van der Waals surface area contributed by atoms with E-state index in [4.69, 9.17) is 0 Å². The van der Waals surface area contributed by atoms with Crippen LogP contribution in [0.4, 0.5) is 5.69 Å². The normalized spacial score (nSPS) is 12.0. The lowest BCUT2D eigenvalue weighted by Crippen LogP contribution is -2.28. The van der Waals surface area contributed by atoms with Gasteiger partial charge >= 0.3 is 0 Å². The summed E-state index contributed by atoms with van der Waals surface area (Å²) in [5.41, 5.74) is 2.30. The van der Waals surface area contributed by atoms with E-state index in [0.29, 0.717) is 6.54 Å². The lowest BCUT2D eigenvalue weighted by atomic mass is 10.1. The molecule has 0 radical (unpaired) electrons. The lowest BCUT2D eigenvalue weighted by Gasteiger charge is -2.13. The predicted octanol–water partition coefficient (Wildman–Crippen LogP) is 2.41. The highest BCUT2D eigenvalue weighted by Crippen LogP contribution is 2.12. The Morgan fingerprint density at radius 2 is 1.88 bits per heavy atom. The van der Waals surface area contributed by atoms with Crippen LogP contribution in [-0.4, -0.2) is 20.0 Å². The third-order valence-electron chi connectivity index (χ3n) is 2.98. The van der Waals surface area contributed by atoms with Crippen LogP contribution in [0.3, 0.4) is 0 Å². The highest BCUT2D eigenvalue weighted by Gasteiger charge is 2.09. The van der Waals surface area contributed by atoms with Gasteiger partial charge in [0.1, 0.15) is 0 Å². The summed E-state index contributed by atoms with van der Waals surface area (Å²) < 4.78 is 0. The van der Waals surface area contributed by atoms with Gasteiger partial charge in [-0.05, 0) is 24.1 Å². The van der Waals surface area contributed by atoms with Crippen molar-refractivity contribution in [1.82, 2.24) is 5.32 Å². The zero-order chi connectivity index (χ0) is 12.8. The van der Waals surface area contributed by atoms with E-state index < -0.39 is 0 Å². The molecule has 0 aromatic heterocycles. The Morgan fingerprint density at radius 3 is 2.35 bits per heavy atom. The highest BCUT2D eigenvalue weighted by molar-refractivity contribution is 5.78. The number of hydrogen-bond acceptors (Lipinski definition) is 2. The molecule has 0 aliphatic heterocycles. The lowest BCUT2D eigenvalue weighted by molar-refractivity contribution is -0.124. The second-order valence-corrected chi connectivity index (χ2v) is 4.59. The van der Waals surface area contributed by atoms with E-state index in [-0.39, 0.29) is 11.8 Å². The van der Waals surface area contributed by atoms with Gasteiger partial charge in [0.25, 0.3) is 0 Å². The van der Waals surface area contributed by atoms with Crippen LogP contribution in [0, 0.1) is 5.92 Å². The summed E-state index contributed by atoms with van der Waals surface area (Å²) in [4.78, 5) is 13.7. The SMILES string of the molecule is CCC(C)C(=O)NCc1ccc(N(C)C)cc1. The molecule has 0 aliphatic carbocycles. The standard InChI is InChI=1S/C14H22N2O/c1-5-11(2)14(17)15-10-12-6-8-13(9-7-12)16(3)4/h6-9,11H,5,10H2,1-4H3,(H,15,17). The molecule has 0 aliphatic rings. The zero-order valence-corrected chi connectivity index (χ0v) is 11.2. The summed E-state index contributed by atoms with van der Waals surface area (Å²) in [6.07, 6.45) is 0.880. The fourth-order valence-electron chi connectivity index (χ4n) is 1.46. The molecule has 94 valence electrons. The van der Waals surface area contributed by atoms with Crippen LogP contribution in [-0.2, 0) is 11.3 Å². The van der Waals surface area contributed by atoms with Crippen molar-refractivity contribution in [3.05, 3.63) is 29.8 Å². The molecule has 1 rings (SSSR count). The minimum atomic E-state index is 0.0936. The van der Waals surface area contributed by atoms with Crippen molar-refractivity contribution < 1.29 is 4.79 Å². The molecular formula is C14H22N2O. The molecule has 1 atom stereocenters. The molecule has 0 heterocycles. The molecule has 0 saturated carbocycles. The Kier molecular flexibility index (Phi) is 5.01. The zero-order valence-electron chi connectivity index (χ0n) is 11.2. The molecular weight excluding hydrogens is 212 g/mol. The molecule has 0 saturated heterocycles. The van der Waals surface area contributed by atoms with Crippen molar-refractivity contribution in [3.8, 4) is 0 Å². The fourth-order valence-corrected chi connectivity index (χ4v) is 1.46. The van der Waals surface area contributed by atoms with Crippen LogP contribution >= 0.6 is 0 Å². The van der Waals surface area contributed by atoms with E-state index in [0.717, 1.165) is 12.0 Å². The predicted molar refractivity (Wildman–Crippen MR) is 72.1 cm³/mol. The molecule has 1 amide bonds. The van der Waals surface area contributed by atoms with Crippen LogP contribution in [0.2, 0.25) is 0 Å². The highest BCUT2D eigenvalue weighted by atomic mass is 16.1. The molecule has 1 unspecified atom stereocenters. The summed E-state index contributed by atoms with van der Waals surface area (Å²) >= 11 is 0. The van der Waals surface area contributed by atoms with Crippen molar-refractivity contribution in [2.24, 2.45) is 5.92 Å². The number of anilines is 1. The topological polar surface area (TPSA) is 32.3 Å². The van der Waals surface area contributed by atoms with Gasteiger partial charge in [0.15, 0.2) is 0 Å². The number of amides is 1. The summed E-state index contributed by atoms with van der Waals surface area (Å²) in [5.74, 6) is 0.222. The number of carbonyl (C=O) groups excluding carboxylic acids is 1. The first kappa shape index (κ1) is 13.6. The maximum atomic E-state index is 11.6. The van der Waals surface area contributed by atoms with E-state index in [2.05, 4.69) is 22.3 Å². The van der Waals surface area contributed by atoms with Gasteiger partial charge in [-0.1, -0.05) is 26.0 Å². The Balaban J connectivity index is 2.50. The third kappa shape index (κ3) is 4.10. The Morgan fingerprint density at radius 1 is 1.29 bits per heavy atom. The van der Waals surface area contributed by atoms with Crippen molar-refractivity contribution in [2.75, 3.05) is 19.0 Å². The summed E-state index contributed by atoms with van der Waals surface area (Å²) in [6, 6.07) is 8.22. The molecule has 3 nitrogen and oxygen atoms in total. The second-order valence-electron chi connectivity index (χ2n) is 4.59. The monoisotopic (exact) mass is 234 g/mol. The molecule has 1 aromatic rings. The molecule has 1 N–H and O–H groups in total. The Labute approximate surface area is 104 Å². The molecule has 0 bridgehead atoms. The minimum Gasteiger partial charge on any atom is -0.378 e. The van der Waals surface area contributed by atoms with Gasteiger partial charge in [-0.25, -0.2) is 0 Å². The van der Waals surface area contributed by atoms with E-state index >= 15 is 0 Å². The van der Waals surface area contributed by atoms with E-state index in [9.17, 15) is 4.79 Å². The summed E-state index contributed by atoms with van der Waals surface area (Å²) in [6.45, 7) is 4.58. The first-order valence-corrected chi connectivity index (χ1v) is 6.08. The largest absolute Gasteiger partial charge is 0.378 e. The molecule has 1 aromatic carbocycles. The van der Waals surface area contributed by atoms with Crippen LogP contribution in [0.15, 0.2) is 24.3 Å². The van der Waals surface area contributed by atoms with Gasteiger partial charge < -0.3 is 10.2 Å². The first-order chi connectivity index (χ1) is 8.04. The Hall–Kier alpha value is -1.51. The van der Waals surface area contributed by atoms with Gasteiger partial charge in [0, 0.05) is 32.2 Å². The number of benzene rings is 1. The average molecular weight is 234 g/mol.